The van der Waals surface area contributed by atoms with Crippen LogP contribution < -0.4 is 0 Å². The molecule has 0 N–H and O–H groups in total. The molecule has 0 aliphatic heterocycles. The third kappa shape index (κ3) is 1.26. The molecule has 0 amide bonds. The van der Waals surface area contributed by atoms with E-state index in [4.69, 9.17) is 0 Å². The van der Waals surface area contributed by atoms with Crippen LogP contribution >= 0.6 is 11.3 Å². The molecule has 0 saturated carbocycles. The van der Waals surface area contributed by atoms with Crippen molar-refractivity contribution in [3.63, 3.8) is 0 Å². The van der Waals surface area contributed by atoms with Gasteiger partial charge in [0.2, 0.25) is 0 Å². The summed E-state index contributed by atoms with van der Waals surface area (Å²) in [4.78, 5) is 0. The van der Waals surface area contributed by atoms with E-state index >= 15 is 0 Å². The highest BCUT2D eigenvalue weighted by Crippen LogP contribution is 2.46. The second kappa shape index (κ2) is 3.71. The van der Waals surface area contributed by atoms with Gasteiger partial charge >= 0.3 is 0 Å². The largest absolute Gasteiger partial charge is 0.134 e. The Balaban J connectivity index is 1.99. The fraction of sp³-hybridized carbons (Fsp3) is 0.0526. The zero-order chi connectivity index (χ0) is 13.1. The van der Waals surface area contributed by atoms with Crippen molar-refractivity contribution in [2.24, 2.45) is 0 Å². The Morgan fingerprint density at radius 2 is 1.80 bits per heavy atom. The predicted molar refractivity (Wildman–Crippen MR) is 86.4 cm³/mol. The first-order valence-corrected chi connectivity index (χ1v) is 7.66. The maximum atomic E-state index is 3.37. The number of thiophene rings is 1. The van der Waals surface area contributed by atoms with Crippen LogP contribution in [0.3, 0.4) is 0 Å². The lowest BCUT2D eigenvalue weighted by molar-refractivity contribution is 1.27. The van der Waals surface area contributed by atoms with Crippen LogP contribution in [0.2, 0.25) is 0 Å². The molecule has 5 rings (SSSR count). The van der Waals surface area contributed by atoms with Crippen molar-refractivity contribution in [2.45, 2.75) is 6.42 Å². The molecule has 1 heteroatoms. The van der Waals surface area contributed by atoms with Gasteiger partial charge in [-0.25, -0.2) is 0 Å². The summed E-state index contributed by atoms with van der Waals surface area (Å²) in [6.07, 6.45) is 1.07. The third-order valence-electron chi connectivity index (χ3n) is 4.22. The highest BCUT2D eigenvalue weighted by Gasteiger charge is 2.21. The van der Waals surface area contributed by atoms with E-state index < -0.39 is 0 Å². The van der Waals surface area contributed by atoms with E-state index in [0.717, 1.165) is 6.42 Å². The number of hydrogen-bond donors (Lipinski definition) is 0. The highest BCUT2D eigenvalue weighted by molar-refractivity contribution is 7.26. The first-order chi connectivity index (χ1) is 9.92. The van der Waals surface area contributed by atoms with E-state index in [0.29, 0.717) is 0 Å². The predicted octanol–water partition coefficient (Wildman–Crippen LogP) is 5.43. The number of hydrogen-bond acceptors (Lipinski definition) is 1. The average molecular weight is 271 g/mol. The summed E-state index contributed by atoms with van der Waals surface area (Å²) in [6.45, 7) is 0. The van der Waals surface area contributed by atoms with Crippen molar-refractivity contribution in [1.82, 2.24) is 0 Å². The van der Waals surface area contributed by atoms with E-state index in [-0.39, 0.29) is 0 Å². The first kappa shape index (κ1) is 10.6. The van der Waals surface area contributed by atoms with Crippen molar-refractivity contribution in [3.05, 3.63) is 71.8 Å². The maximum Gasteiger partial charge on any atom is 0.0437 e. The zero-order valence-corrected chi connectivity index (χ0v) is 11.6. The summed E-state index contributed by atoms with van der Waals surface area (Å²) in [6, 6.07) is 23.0. The van der Waals surface area contributed by atoms with Gasteiger partial charge in [-0.3, -0.25) is 0 Å². The van der Waals surface area contributed by atoms with Crippen molar-refractivity contribution in [3.8, 4) is 11.1 Å². The summed E-state index contributed by atoms with van der Waals surface area (Å²) in [5.41, 5.74) is 5.79. The first-order valence-electron chi connectivity index (χ1n) is 6.85. The average Bonchev–Trinajstić information content (AvgIpc) is 3.04. The second-order valence-electron chi connectivity index (χ2n) is 5.33. The van der Waals surface area contributed by atoms with E-state index in [1.165, 1.54) is 42.4 Å². The van der Waals surface area contributed by atoms with Gasteiger partial charge in [0, 0.05) is 31.8 Å². The summed E-state index contributed by atoms with van der Waals surface area (Å²) in [7, 11) is 0. The summed E-state index contributed by atoms with van der Waals surface area (Å²) in [5, 5.41) is 2.71. The van der Waals surface area contributed by atoms with Crippen LogP contribution in [0.4, 0.5) is 0 Å². The minimum absolute atomic E-state index is 1.07. The summed E-state index contributed by atoms with van der Waals surface area (Å²) < 4.78 is 2.69. The van der Waals surface area contributed by atoms with Gasteiger partial charge in [-0.2, -0.15) is 0 Å². The minimum Gasteiger partial charge on any atom is -0.134 e. The molecule has 1 aliphatic rings. The topological polar surface area (TPSA) is 0 Å². The fourth-order valence-electron chi connectivity index (χ4n) is 3.33. The Kier molecular flexibility index (Phi) is 1.97. The van der Waals surface area contributed by atoms with E-state index in [1.807, 2.05) is 17.4 Å². The molecule has 0 fully saturated rings. The van der Waals surface area contributed by atoms with Crippen LogP contribution in [-0.2, 0) is 6.42 Å². The molecule has 0 saturated heterocycles. The third-order valence-corrected chi connectivity index (χ3v) is 5.39. The minimum atomic E-state index is 1.07. The molecule has 1 aliphatic carbocycles. The number of benzene rings is 3. The van der Waals surface area contributed by atoms with Crippen molar-refractivity contribution in [1.29, 1.82) is 0 Å². The van der Waals surface area contributed by atoms with Gasteiger partial charge in [-0.15, -0.1) is 11.3 Å². The van der Waals surface area contributed by atoms with Gasteiger partial charge in [-0.05, 0) is 23.1 Å². The SMILES string of the molecule is [c]1cccc2c1sc1c3c(ccc12)Cc1ccccc1-3. The second-order valence-corrected chi connectivity index (χ2v) is 6.35. The normalized spacial score (nSPS) is 12.8. The van der Waals surface area contributed by atoms with Crippen LogP contribution in [0.1, 0.15) is 11.1 Å². The van der Waals surface area contributed by atoms with Crippen molar-refractivity contribution >= 4 is 31.5 Å². The molecule has 93 valence electrons. The molecule has 1 aromatic heterocycles. The molecule has 0 atom stereocenters. The number of rotatable bonds is 0. The van der Waals surface area contributed by atoms with Gasteiger partial charge in [0.25, 0.3) is 0 Å². The van der Waals surface area contributed by atoms with Gasteiger partial charge in [0.1, 0.15) is 0 Å². The van der Waals surface area contributed by atoms with E-state index in [9.17, 15) is 0 Å². The highest BCUT2D eigenvalue weighted by atomic mass is 32.1. The quantitative estimate of drug-likeness (QED) is 0.352. The molecular formula is C19H11S. The summed E-state index contributed by atoms with van der Waals surface area (Å²) >= 11 is 1.88. The molecule has 1 heterocycles. The Morgan fingerprint density at radius 3 is 2.80 bits per heavy atom. The van der Waals surface area contributed by atoms with Gasteiger partial charge < -0.3 is 0 Å². The molecule has 0 unspecified atom stereocenters. The van der Waals surface area contributed by atoms with Crippen LogP contribution in [0, 0.1) is 6.07 Å². The van der Waals surface area contributed by atoms with Crippen LogP contribution in [0.5, 0.6) is 0 Å². The number of fused-ring (bicyclic) bond motifs is 7. The molecule has 20 heavy (non-hydrogen) atoms. The van der Waals surface area contributed by atoms with Crippen LogP contribution in [-0.4, -0.2) is 0 Å². The maximum absolute atomic E-state index is 3.37. The molecule has 0 bridgehead atoms. The van der Waals surface area contributed by atoms with Gasteiger partial charge in [0.05, 0.1) is 0 Å². The Hall–Kier alpha value is -2.12. The molecule has 0 spiro atoms. The Morgan fingerprint density at radius 1 is 0.850 bits per heavy atom. The standard InChI is InChI=1S/C19H11S/c1-2-6-14-12(5-1)11-13-9-10-16-15-7-3-4-8-17(15)20-19(16)18(13)14/h1-7,9-10H,11H2. The van der Waals surface area contributed by atoms with Crippen molar-refractivity contribution in [2.75, 3.05) is 0 Å². The molecule has 4 aromatic rings. The Labute approximate surface area is 121 Å². The Bertz CT molecular complexity index is 976. The van der Waals surface area contributed by atoms with Crippen LogP contribution in [0.15, 0.2) is 54.6 Å². The lowest BCUT2D eigenvalue weighted by atomic mass is 10.0. The van der Waals surface area contributed by atoms with Crippen molar-refractivity contribution < 1.29 is 0 Å². The molecule has 3 aromatic carbocycles. The lowest BCUT2D eigenvalue weighted by Gasteiger charge is -2.02. The zero-order valence-electron chi connectivity index (χ0n) is 10.8. The summed E-state index contributed by atoms with van der Waals surface area (Å²) in [5.74, 6) is 0. The molecule has 0 nitrogen and oxygen atoms in total. The lowest BCUT2D eigenvalue weighted by Crippen LogP contribution is -1.78. The van der Waals surface area contributed by atoms with Gasteiger partial charge in [-0.1, -0.05) is 54.6 Å². The van der Waals surface area contributed by atoms with Crippen LogP contribution in [0.25, 0.3) is 31.3 Å². The molecule has 1 radical (unpaired) electrons. The monoisotopic (exact) mass is 271 g/mol. The smallest absolute Gasteiger partial charge is 0.0437 e. The molecular weight excluding hydrogens is 260 g/mol. The fourth-order valence-corrected chi connectivity index (χ4v) is 4.58. The van der Waals surface area contributed by atoms with E-state index in [2.05, 4.69) is 54.6 Å². The van der Waals surface area contributed by atoms with Gasteiger partial charge in [0.15, 0.2) is 0 Å². The van der Waals surface area contributed by atoms with E-state index in [1.54, 1.807) is 0 Å².